The van der Waals surface area contributed by atoms with Crippen LogP contribution < -0.4 is 4.90 Å². The molecule has 4 heteroatoms. The first kappa shape index (κ1) is 27.6. The summed E-state index contributed by atoms with van der Waals surface area (Å²) >= 11 is 1.86. The zero-order valence-electron chi connectivity index (χ0n) is 26.9. The highest BCUT2D eigenvalue weighted by Gasteiger charge is 2.21. The van der Waals surface area contributed by atoms with Crippen molar-refractivity contribution < 1.29 is 4.42 Å². The van der Waals surface area contributed by atoms with Gasteiger partial charge in [0.15, 0.2) is 0 Å². The van der Waals surface area contributed by atoms with Gasteiger partial charge in [-0.1, -0.05) is 91.0 Å². The largest absolute Gasteiger partial charge is 0.456 e. The van der Waals surface area contributed by atoms with Crippen molar-refractivity contribution in [3.8, 4) is 5.69 Å². The van der Waals surface area contributed by atoms with E-state index in [4.69, 9.17) is 4.42 Å². The molecule has 0 radical (unpaired) electrons. The first-order valence-corrected chi connectivity index (χ1v) is 17.7. The number of hydrogen-bond acceptors (Lipinski definition) is 3. The third-order valence-electron chi connectivity index (χ3n) is 10.1. The Hall–Kier alpha value is -6.36. The summed E-state index contributed by atoms with van der Waals surface area (Å²) in [5, 5.41) is 9.64. The van der Waals surface area contributed by atoms with Crippen LogP contribution in [0.2, 0.25) is 0 Å². The van der Waals surface area contributed by atoms with Crippen molar-refractivity contribution in [2.75, 3.05) is 4.90 Å². The lowest BCUT2D eigenvalue weighted by molar-refractivity contribution is 0.669. The summed E-state index contributed by atoms with van der Waals surface area (Å²) in [7, 11) is 0. The lowest BCUT2D eigenvalue weighted by atomic mass is 10.0. The number of nitrogens with zero attached hydrogens (tertiary/aromatic N) is 2. The highest BCUT2D eigenvalue weighted by Crippen LogP contribution is 2.47. The van der Waals surface area contributed by atoms with E-state index in [1.807, 2.05) is 11.3 Å². The Labute approximate surface area is 291 Å². The molecule has 0 amide bonds. The van der Waals surface area contributed by atoms with Crippen LogP contribution in [0.4, 0.5) is 17.1 Å². The van der Waals surface area contributed by atoms with Crippen molar-refractivity contribution in [1.29, 1.82) is 0 Å². The normalized spacial score (nSPS) is 12.0. The summed E-state index contributed by atoms with van der Waals surface area (Å²) in [5.74, 6) is 0. The van der Waals surface area contributed by atoms with Gasteiger partial charge in [0.2, 0.25) is 0 Å². The van der Waals surface area contributed by atoms with E-state index in [9.17, 15) is 0 Å². The van der Waals surface area contributed by atoms with Crippen LogP contribution in [0, 0.1) is 0 Å². The fourth-order valence-electron chi connectivity index (χ4n) is 7.88. The van der Waals surface area contributed by atoms with Gasteiger partial charge in [-0.05, 0) is 89.6 Å². The molecule has 0 aliphatic heterocycles. The maximum absolute atomic E-state index is 6.45. The number of fused-ring (bicyclic) bond motifs is 10. The maximum Gasteiger partial charge on any atom is 0.136 e. The highest BCUT2D eigenvalue weighted by molar-refractivity contribution is 7.26. The topological polar surface area (TPSA) is 21.3 Å². The van der Waals surface area contributed by atoms with Gasteiger partial charge in [0.1, 0.15) is 11.2 Å². The van der Waals surface area contributed by atoms with E-state index >= 15 is 0 Å². The second kappa shape index (κ2) is 10.6. The van der Waals surface area contributed by atoms with E-state index in [1.165, 1.54) is 52.8 Å². The molecule has 0 atom stereocenters. The third kappa shape index (κ3) is 4.03. The predicted molar refractivity (Wildman–Crippen MR) is 213 cm³/mol. The fourth-order valence-corrected chi connectivity index (χ4v) is 9.09. The minimum atomic E-state index is 0.889. The highest BCUT2D eigenvalue weighted by atomic mass is 32.1. The van der Waals surface area contributed by atoms with Crippen LogP contribution in [-0.4, -0.2) is 4.57 Å². The van der Waals surface area contributed by atoms with E-state index in [-0.39, 0.29) is 0 Å². The molecule has 0 fully saturated rings. The molecular weight excluding hydrogens is 629 g/mol. The van der Waals surface area contributed by atoms with E-state index in [0.717, 1.165) is 44.7 Å². The third-order valence-corrected chi connectivity index (χ3v) is 11.3. The maximum atomic E-state index is 6.45. The molecule has 0 bridgehead atoms. The Bertz CT molecular complexity index is 3110. The van der Waals surface area contributed by atoms with Crippen LogP contribution in [-0.2, 0) is 0 Å². The minimum Gasteiger partial charge on any atom is -0.456 e. The van der Waals surface area contributed by atoms with Crippen LogP contribution in [0.3, 0.4) is 0 Å². The van der Waals surface area contributed by atoms with Crippen LogP contribution in [0.25, 0.3) is 80.4 Å². The molecule has 0 saturated heterocycles. The molecule has 11 rings (SSSR count). The van der Waals surface area contributed by atoms with Crippen molar-refractivity contribution in [2.24, 2.45) is 0 Å². The van der Waals surface area contributed by atoms with Gasteiger partial charge in [-0.15, -0.1) is 11.3 Å². The summed E-state index contributed by atoms with van der Waals surface area (Å²) in [6, 6.07) is 61.3. The Morgan fingerprint density at radius 1 is 0.440 bits per heavy atom. The van der Waals surface area contributed by atoms with Gasteiger partial charge < -0.3 is 13.9 Å². The zero-order valence-corrected chi connectivity index (χ0v) is 27.7. The molecule has 0 aliphatic rings. The first-order valence-electron chi connectivity index (χ1n) is 16.9. The standard InChI is InChI=1S/C46H28N2OS/c1-2-13-31(14-3-1)48-40-18-8-6-15-34(40)37-27-32(21-23-41(37)48)47(42-19-10-17-36-35-16-7-9-20-45(35)50-46(36)42)33-22-24-43-39(28-33)38-25-29-11-4-5-12-30(29)26-44(38)49-43/h1-28H. The molecule has 11 aromatic rings. The Kier molecular flexibility index (Phi) is 5.83. The monoisotopic (exact) mass is 656 g/mol. The van der Waals surface area contributed by atoms with Crippen molar-refractivity contribution in [1.82, 2.24) is 4.57 Å². The molecule has 0 spiro atoms. The average molecular weight is 657 g/mol. The number of anilines is 3. The summed E-state index contributed by atoms with van der Waals surface area (Å²) in [6.07, 6.45) is 0. The summed E-state index contributed by atoms with van der Waals surface area (Å²) in [5.41, 5.74) is 8.69. The minimum absolute atomic E-state index is 0.889. The molecular formula is C46H28N2OS. The van der Waals surface area contributed by atoms with Crippen LogP contribution >= 0.6 is 11.3 Å². The molecule has 50 heavy (non-hydrogen) atoms. The number of furan rings is 1. The van der Waals surface area contributed by atoms with Gasteiger partial charge in [-0.3, -0.25) is 0 Å². The number of thiophene rings is 1. The van der Waals surface area contributed by atoms with Crippen molar-refractivity contribution in [3.05, 3.63) is 170 Å². The number of benzene rings is 8. The lowest BCUT2D eigenvalue weighted by Crippen LogP contribution is -2.10. The van der Waals surface area contributed by atoms with Gasteiger partial charge in [-0.25, -0.2) is 0 Å². The number of aromatic nitrogens is 1. The van der Waals surface area contributed by atoms with Crippen LogP contribution in [0.15, 0.2) is 174 Å². The molecule has 8 aromatic carbocycles. The van der Waals surface area contributed by atoms with Crippen molar-refractivity contribution >= 4 is 103 Å². The first-order chi connectivity index (χ1) is 24.8. The SMILES string of the molecule is c1ccc(-n2c3ccccc3c3cc(N(c4ccc5oc6cc7ccccc7cc6c5c4)c4cccc5c4sc4ccccc45)ccc32)cc1. The number of rotatable bonds is 4. The second-order valence-electron chi connectivity index (χ2n) is 13.0. The molecule has 3 aromatic heterocycles. The van der Waals surface area contributed by atoms with Gasteiger partial charge in [0.25, 0.3) is 0 Å². The Morgan fingerprint density at radius 2 is 1.10 bits per heavy atom. The molecule has 0 aliphatic carbocycles. The smallest absolute Gasteiger partial charge is 0.136 e. The molecule has 0 saturated carbocycles. The predicted octanol–water partition coefficient (Wildman–Crippen LogP) is 13.7. The average Bonchev–Trinajstić information content (AvgIpc) is 3.84. The molecule has 0 N–H and O–H groups in total. The fraction of sp³-hybridized carbons (Fsp3) is 0. The van der Waals surface area contributed by atoms with Gasteiger partial charge in [0.05, 0.1) is 21.4 Å². The van der Waals surface area contributed by atoms with Crippen LogP contribution in [0.1, 0.15) is 0 Å². The number of hydrogen-bond donors (Lipinski definition) is 0. The van der Waals surface area contributed by atoms with E-state index in [1.54, 1.807) is 0 Å². The summed E-state index contributed by atoms with van der Waals surface area (Å²) in [4.78, 5) is 2.44. The Morgan fingerprint density at radius 3 is 1.98 bits per heavy atom. The van der Waals surface area contributed by atoms with Crippen molar-refractivity contribution in [3.63, 3.8) is 0 Å². The zero-order chi connectivity index (χ0) is 32.8. The molecule has 0 unspecified atom stereocenters. The van der Waals surface area contributed by atoms with E-state index in [0.29, 0.717) is 0 Å². The molecule has 3 heterocycles. The van der Waals surface area contributed by atoms with E-state index in [2.05, 4.69) is 179 Å². The van der Waals surface area contributed by atoms with Crippen LogP contribution in [0.5, 0.6) is 0 Å². The summed E-state index contributed by atoms with van der Waals surface area (Å²) < 4.78 is 11.4. The van der Waals surface area contributed by atoms with Crippen molar-refractivity contribution in [2.45, 2.75) is 0 Å². The quantitative estimate of drug-likeness (QED) is 0.188. The molecule has 234 valence electrons. The van der Waals surface area contributed by atoms with Gasteiger partial charge in [-0.2, -0.15) is 0 Å². The molecule has 3 nitrogen and oxygen atoms in total. The summed E-state index contributed by atoms with van der Waals surface area (Å²) in [6.45, 7) is 0. The van der Waals surface area contributed by atoms with E-state index < -0.39 is 0 Å². The van der Waals surface area contributed by atoms with Gasteiger partial charge in [0, 0.05) is 54.1 Å². The van der Waals surface area contributed by atoms with Gasteiger partial charge >= 0.3 is 0 Å². The lowest BCUT2D eigenvalue weighted by Gasteiger charge is -2.26. The number of para-hydroxylation sites is 2. The second-order valence-corrected chi connectivity index (χ2v) is 14.0. The Balaban J connectivity index is 1.20.